The molecule has 0 heterocycles. The highest BCUT2D eigenvalue weighted by Gasteiger charge is 2.22. The molecule has 0 aliphatic carbocycles. The Kier molecular flexibility index (Phi) is 46.9. The summed E-state index contributed by atoms with van der Waals surface area (Å²) in [4.78, 5) is 37.2. The zero-order valence-electron chi connectivity index (χ0n) is 43.9. The van der Waals surface area contributed by atoms with Gasteiger partial charge in [0.15, 0.2) is 12.4 Å². The summed E-state index contributed by atoms with van der Waals surface area (Å²) in [6.07, 6.45) is 63.0. The third kappa shape index (κ3) is 50.1. The van der Waals surface area contributed by atoms with Gasteiger partial charge in [0.25, 0.3) is 0 Å². The number of hydrogen-bond donors (Lipinski definition) is 0. The fraction of sp³-hybridized carbons (Fsp3) is 0.678. The molecular weight excluding hydrogens is 851 g/mol. The molecule has 0 saturated carbocycles. The molecule has 0 rings (SSSR count). The molecule has 2 unspecified atom stereocenters. The van der Waals surface area contributed by atoms with E-state index in [2.05, 4.69) is 111 Å². The van der Waals surface area contributed by atoms with Gasteiger partial charge in [-0.2, -0.15) is 0 Å². The van der Waals surface area contributed by atoms with Gasteiger partial charge in [-0.1, -0.05) is 188 Å². The van der Waals surface area contributed by atoms with Crippen molar-refractivity contribution in [1.29, 1.82) is 0 Å². The number of allylic oxidation sites excluding steroid dienone is 16. The number of ether oxygens (including phenoxy) is 4. The first-order valence-electron chi connectivity index (χ1n) is 26.9. The van der Waals surface area contributed by atoms with Gasteiger partial charge in [0.2, 0.25) is 0 Å². The van der Waals surface area contributed by atoms with E-state index in [1.165, 1.54) is 51.4 Å². The number of likely N-dealkylation sites (N-methyl/N-ethyl adjacent to an activating group) is 1. The number of quaternary nitrogens is 1. The molecule has 0 N–H and O–H groups in total. The SMILES string of the molecule is CC/C=C\C/C=C\C/C=C\C/C=C\C/C=C\C/C=C\C/C=C\CCCCCCCC(=O)OC(COC(=O)CCCCCCC/C=C\CCCCCCCCC)COC(OCC[N+](C)(C)C)C(=O)[O-]. The predicted molar refractivity (Wildman–Crippen MR) is 283 cm³/mol. The fourth-order valence-corrected chi connectivity index (χ4v) is 6.92. The van der Waals surface area contributed by atoms with Gasteiger partial charge in [0.1, 0.15) is 13.2 Å². The Morgan fingerprint density at radius 2 is 0.838 bits per heavy atom. The molecule has 9 nitrogen and oxygen atoms in total. The fourth-order valence-electron chi connectivity index (χ4n) is 6.92. The molecule has 388 valence electrons. The molecule has 0 bridgehead atoms. The van der Waals surface area contributed by atoms with Gasteiger partial charge in [-0.25, -0.2) is 0 Å². The van der Waals surface area contributed by atoms with E-state index in [9.17, 15) is 19.5 Å². The van der Waals surface area contributed by atoms with Crippen molar-refractivity contribution in [3.8, 4) is 0 Å². The summed E-state index contributed by atoms with van der Waals surface area (Å²) < 4.78 is 22.6. The minimum absolute atomic E-state index is 0.137. The van der Waals surface area contributed by atoms with E-state index in [1.54, 1.807) is 0 Å². The van der Waals surface area contributed by atoms with Crippen molar-refractivity contribution in [2.75, 3.05) is 47.5 Å². The third-order valence-electron chi connectivity index (χ3n) is 11.1. The van der Waals surface area contributed by atoms with E-state index in [4.69, 9.17) is 18.9 Å². The van der Waals surface area contributed by atoms with E-state index < -0.39 is 24.3 Å². The lowest BCUT2D eigenvalue weighted by Gasteiger charge is -2.26. The minimum Gasteiger partial charge on any atom is -0.545 e. The number of nitrogens with zero attached hydrogens (tertiary/aromatic N) is 1. The van der Waals surface area contributed by atoms with Crippen molar-refractivity contribution in [3.05, 3.63) is 97.2 Å². The Labute approximate surface area is 416 Å². The molecule has 0 radical (unpaired) electrons. The monoisotopic (exact) mass is 950 g/mol. The number of unbranched alkanes of at least 4 members (excludes halogenated alkanes) is 17. The number of carboxylic acids is 1. The lowest BCUT2D eigenvalue weighted by atomic mass is 10.1. The van der Waals surface area contributed by atoms with Crippen molar-refractivity contribution < 1.29 is 42.9 Å². The van der Waals surface area contributed by atoms with E-state index in [0.717, 1.165) is 116 Å². The maximum absolute atomic E-state index is 12.8. The highest BCUT2D eigenvalue weighted by atomic mass is 16.7. The van der Waals surface area contributed by atoms with Gasteiger partial charge in [0, 0.05) is 12.8 Å². The number of rotatable bonds is 48. The number of esters is 2. The van der Waals surface area contributed by atoms with E-state index in [-0.39, 0.29) is 38.6 Å². The molecule has 2 atom stereocenters. The third-order valence-corrected chi connectivity index (χ3v) is 11.1. The molecule has 0 spiro atoms. The number of hydrogen-bond acceptors (Lipinski definition) is 8. The van der Waals surface area contributed by atoms with Gasteiger partial charge in [0.05, 0.1) is 40.3 Å². The Bertz CT molecular complexity index is 1430. The van der Waals surface area contributed by atoms with Gasteiger partial charge < -0.3 is 33.3 Å². The second-order valence-corrected chi connectivity index (χ2v) is 18.8. The molecular formula is C59H99NO8. The molecule has 0 fully saturated rings. The first kappa shape index (κ1) is 64.2. The maximum Gasteiger partial charge on any atom is 0.306 e. The van der Waals surface area contributed by atoms with Gasteiger partial charge in [-0.05, 0) is 96.3 Å². The maximum atomic E-state index is 12.8. The topological polar surface area (TPSA) is 111 Å². The Morgan fingerprint density at radius 3 is 1.26 bits per heavy atom. The second kappa shape index (κ2) is 49.6. The first-order valence-corrected chi connectivity index (χ1v) is 26.9. The smallest absolute Gasteiger partial charge is 0.306 e. The summed E-state index contributed by atoms with van der Waals surface area (Å²) in [5, 5.41) is 11.7. The van der Waals surface area contributed by atoms with Crippen molar-refractivity contribution in [3.63, 3.8) is 0 Å². The van der Waals surface area contributed by atoms with Crippen molar-refractivity contribution in [2.24, 2.45) is 0 Å². The van der Waals surface area contributed by atoms with Crippen molar-refractivity contribution >= 4 is 17.9 Å². The zero-order valence-corrected chi connectivity index (χ0v) is 43.9. The van der Waals surface area contributed by atoms with Crippen LogP contribution >= 0.6 is 0 Å². The van der Waals surface area contributed by atoms with Crippen LogP contribution in [0, 0.1) is 0 Å². The summed E-state index contributed by atoms with van der Waals surface area (Å²) in [6, 6.07) is 0. The molecule has 0 aromatic rings. The van der Waals surface area contributed by atoms with Crippen LogP contribution in [0.1, 0.15) is 200 Å². The summed E-state index contributed by atoms with van der Waals surface area (Å²) in [6.45, 7) is 4.58. The van der Waals surface area contributed by atoms with Gasteiger partial charge in [-0.3, -0.25) is 9.59 Å². The summed E-state index contributed by atoms with van der Waals surface area (Å²) >= 11 is 0. The van der Waals surface area contributed by atoms with E-state index >= 15 is 0 Å². The van der Waals surface area contributed by atoms with Crippen LogP contribution in [-0.2, 0) is 33.3 Å². The minimum atomic E-state index is -1.63. The summed E-state index contributed by atoms with van der Waals surface area (Å²) in [5.74, 6) is -2.33. The van der Waals surface area contributed by atoms with Crippen molar-refractivity contribution in [1.82, 2.24) is 0 Å². The quantitative estimate of drug-likeness (QED) is 0.0195. The van der Waals surface area contributed by atoms with Crippen LogP contribution in [0.5, 0.6) is 0 Å². The lowest BCUT2D eigenvalue weighted by Crippen LogP contribution is -2.44. The molecule has 0 aliphatic heterocycles. The molecule has 9 heteroatoms. The number of aliphatic carboxylic acids is 1. The Balaban J connectivity index is 4.38. The summed E-state index contributed by atoms with van der Waals surface area (Å²) in [5.41, 5.74) is 0. The molecule has 0 aromatic carbocycles. The second-order valence-electron chi connectivity index (χ2n) is 18.8. The molecule has 0 aliphatic rings. The van der Waals surface area contributed by atoms with Crippen LogP contribution in [0.4, 0.5) is 0 Å². The molecule has 0 amide bonds. The van der Waals surface area contributed by atoms with Crippen LogP contribution in [0.25, 0.3) is 0 Å². The van der Waals surface area contributed by atoms with E-state index in [0.29, 0.717) is 17.4 Å². The Hall–Kier alpha value is -3.79. The largest absolute Gasteiger partial charge is 0.545 e. The average Bonchev–Trinajstić information content (AvgIpc) is 3.30. The number of carboxylic acid groups (broad SMARTS) is 1. The zero-order chi connectivity index (χ0) is 49.9. The number of carbonyl (C=O) groups excluding carboxylic acids is 3. The van der Waals surface area contributed by atoms with Crippen LogP contribution in [0.3, 0.4) is 0 Å². The number of carbonyl (C=O) groups is 3. The predicted octanol–water partition coefficient (Wildman–Crippen LogP) is 14.1. The summed E-state index contributed by atoms with van der Waals surface area (Å²) in [7, 11) is 5.90. The molecule has 68 heavy (non-hydrogen) atoms. The highest BCUT2D eigenvalue weighted by Crippen LogP contribution is 2.13. The van der Waals surface area contributed by atoms with Gasteiger partial charge in [-0.15, -0.1) is 0 Å². The normalized spacial score (nSPS) is 13.6. The molecule has 0 saturated heterocycles. The van der Waals surface area contributed by atoms with Crippen LogP contribution < -0.4 is 5.11 Å². The van der Waals surface area contributed by atoms with Crippen LogP contribution in [0.2, 0.25) is 0 Å². The van der Waals surface area contributed by atoms with Crippen molar-refractivity contribution in [2.45, 2.75) is 212 Å². The standard InChI is InChI=1S/C59H99NO8/c1-6-8-10-12-14-16-18-20-22-24-25-26-27-28-29-30-31-32-33-34-36-38-40-42-44-46-48-50-57(62)68-55(54-67-59(58(63)64)65-52-51-60(3,4)5)53-66-56(61)49-47-45-43-41-39-37-35-23-21-19-17-15-13-11-9-7-2/h8,10,14,16,20,22-23,25-26,28-29,31-32,34-36,55,59H,6-7,9,11-13,15,17-19,21,24,27,30,33,37-54H2,1-5H3/b10-8-,16-14-,22-20-,26-25-,29-28-,32-31-,35-23-,36-34-. The van der Waals surface area contributed by atoms with Crippen LogP contribution in [0.15, 0.2) is 97.2 Å². The lowest BCUT2D eigenvalue weighted by molar-refractivity contribution is -0.870. The average molecular weight is 950 g/mol. The Morgan fingerprint density at radius 1 is 0.456 bits per heavy atom. The first-order chi connectivity index (χ1) is 33.1. The van der Waals surface area contributed by atoms with Crippen LogP contribution in [-0.4, -0.2) is 82.3 Å². The highest BCUT2D eigenvalue weighted by molar-refractivity contribution is 5.70. The van der Waals surface area contributed by atoms with E-state index in [1.807, 2.05) is 21.1 Å². The van der Waals surface area contributed by atoms with Gasteiger partial charge >= 0.3 is 11.9 Å². The molecule has 0 aromatic heterocycles.